The molecule has 6 heteroatoms. The molecule has 0 spiro atoms. The maximum absolute atomic E-state index is 11.6. The van der Waals surface area contributed by atoms with E-state index in [0.717, 1.165) is 30.0 Å². The van der Waals surface area contributed by atoms with Gasteiger partial charge in [-0.15, -0.1) is 0 Å². The molecule has 1 amide bonds. The maximum Gasteiger partial charge on any atom is 0.239 e. The average Bonchev–Trinajstić information content (AvgIpc) is 2.34. The average molecular weight is 285 g/mol. The van der Waals surface area contributed by atoms with Gasteiger partial charge in [0.2, 0.25) is 5.91 Å². The predicted octanol–water partition coefficient (Wildman–Crippen LogP) is 1.96. The van der Waals surface area contributed by atoms with Crippen LogP contribution in [0.3, 0.4) is 0 Å². The summed E-state index contributed by atoms with van der Waals surface area (Å²) in [7, 11) is 1.83. The predicted molar refractivity (Wildman–Crippen MR) is 77.7 cm³/mol. The molecule has 0 saturated carbocycles. The summed E-state index contributed by atoms with van der Waals surface area (Å²) in [5.74, 6) is 1.40. The summed E-state index contributed by atoms with van der Waals surface area (Å²) >= 11 is 6.12. The van der Waals surface area contributed by atoms with Gasteiger partial charge < -0.3 is 10.2 Å². The van der Waals surface area contributed by atoms with Gasteiger partial charge in [0.1, 0.15) is 16.8 Å². The van der Waals surface area contributed by atoms with Crippen molar-refractivity contribution in [3.05, 3.63) is 16.5 Å². The Balaban J connectivity index is 2.94. The fourth-order valence-electron chi connectivity index (χ4n) is 1.77. The number of carbonyl (C=O) groups excluding carboxylic acids is 1. The van der Waals surface area contributed by atoms with Crippen LogP contribution in [-0.4, -0.2) is 36.0 Å². The Bertz CT molecular complexity index is 451. The highest BCUT2D eigenvalue weighted by atomic mass is 35.5. The molecular formula is C13H21ClN4O. The standard InChI is InChI=1S/C13H21ClN4O/c1-5-7-10-16-12(14)9(3)13(17-10)18(4)8-11(19)15-6-2/h5-8H2,1-4H3,(H,15,19). The molecule has 0 unspecified atom stereocenters. The Hall–Kier alpha value is -1.36. The van der Waals surface area contributed by atoms with Crippen LogP contribution in [-0.2, 0) is 11.2 Å². The number of likely N-dealkylation sites (N-methyl/N-ethyl adjacent to an activating group) is 2. The molecule has 1 rings (SSSR count). The fourth-order valence-corrected chi connectivity index (χ4v) is 1.95. The van der Waals surface area contributed by atoms with Crippen molar-refractivity contribution in [2.45, 2.75) is 33.6 Å². The molecular weight excluding hydrogens is 264 g/mol. The summed E-state index contributed by atoms with van der Waals surface area (Å²) < 4.78 is 0. The zero-order valence-electron chi connectivity index (χ0n) is 12.0. The van der Waals surface area contributed by atoms with Gasteiger partial charge in [-0.05, 0) is 20.3 Å². The lowest BCUT2D eigenvalue weighted by Crippen LogP contribution is -2.35. The Morgan fingerprint density at radius 3 is 2.63 bits per heavy atom. The molecule has 0 aromatic carbocycles. The first-order valence-corrected chi connectivity index (χ1v) is 6.88. The molecule has 19 heavy (non-hydrogen) atoms. The third-order valence-electron chi connectivity index (χ3n) is 2.70. The van der Waals surface area contributed by atoms with Crippen LogP contribution in [0.25, 0.3) is 0 Å². The van der Waals surface area contributed by atoms with Crippen molar-refractivity contribution in [3.8, 4) is 0 Å². The van der Waals surface area contributed by atoms with Gasteiger partial charge >= 0.3 is 0 Å². The first kappa shape index (κ1) is 15.7. The van der Waals surface area contributed by atoms with Gasteiger partial charge in [0.25, 0.3) is 0 Å². The van der Waals surface area contributed by atoms with E-state index in [9.17, 15) is 4.79 Å². The van der Waals surface area contributed by atoms with Crippen LogP contribution >= 0.6 is 11.6 Å². The van der Waals surface area contributed by atoms with Crippen molar-refractivity contribution in [1.82, 2.24) is 15.3 Å². The number of halogens is 1. The quantitative estimate of drug-likeness (QED) is 0.812. The van der Waals surface area contributed by atoms with E-state index in [1.807, 2.05) is 20.9 Å². The zero-order valence-corrected chi connectivity index (χ0v) is 12.7. The number of aromatic nitrogens is 2. The number of hydrogen-bond donors (Lipinski definition) is 1. The van der Waals surface area contributed by atoms with Crippen molar-refractivity contribution in [2.24, 2.45) is 0 Å². The van der Waals surface area contributed by atoms with E-state index in [-0.39, 0.29) is 12.5 Å². The number of carbonyl (C=O) groups is 1. The topological polar surface area (TPSA) is 58.1 Å². The normalized spacial score (nSPS) is 10.4. The van der Waals surface area contributed by atoms with E-state index < -0.39 is 0 Å². The Labute approximate surface area is 119 Å². The van der Waals surface area contributed by atoms with Crippen LogP contribution in [0.5, 0.6) is 0 Å². The third-order valence-corrected chi connectivity index (χ3v) is 3.06. The number of aryl methyl sites for hydroxylation is 1. The second-order valence-electron chi connectivity index (χ2n) is 4.44. The molecule has 1 N–H and O–H groups in total. The van der Waals surface area contributed by atoms with Gasteiger partial charge in [-0.2, -0.15) is 0 Å². The first-order valence-electron chi connectivity index (χ1n) is 6.50. The van der Waals surface area contributed by atoms with E-state index in [2.05, 4.69) is 22.2 Å². The number of nitrogens with zero attached hydrogens (tertiary/aromatic N) is 3. The van der Waals surface area contributed by atoms with Gasteiger partial charge in [0.05, 0.1) is 6.54 Å². The molecule has 0 radical (unpaired) electrons. The minimum absolute atomic E-state index is 0.0313. The largest absolute Gasteiger partial charge is 0.355 e. The lowest BCUT2D eigenvalue weighted by molar-refractivity contribution is -0.119. The summed E-state index contributed by atoms with van der Waals surface area (Å²) in [5.41, 5.74) is 0.799. The van der Waals surface area contributed by atoms with Gasteiger partial charge in [0, 0.05) is 25.6 Å². The van der Waals surface area contributed by atoms with E-state index in [1.54, 1.807) is 4.90 Å². The molecule has 5 nitrogen and oxygen atoms in total. The van der Waals surface area contributed by atoms with Crippen molar-refractivity contribution in [2.75, 3.05) is 25.0 Å². The van der Waals surface area contributed by atoms with Gasteiger partial charge in [-0.25, -0.2) is 9.97 Å². The minimum atomic E-state index is -0.0313. The number of amides is 1. The Kier molecular flexibility index (Phi) is 6.02. The van der Waals surface area contributed by atoms with Crippen LogP contribution < -0.4 is 10.2 Å². The summed E-state index contributed by atoms with van der Waals surface area (Å²) in [6, 6.07) is 0. The monoisotopic (exact) mass is 284 g/mol. The summed E-state index contributed by atoms with van der Waals surface area (Å²) in [6.45, 7) is 6.70. The second-order valence-corrected chi connectivity index (χ2v) is 4.80. The summed E-state index contributed by atoms with van der Waals surface area (Å²) in [5, 5.41) is 3.22. The number of hydrogen-bond acceptors (Lipinski definition) is 4. The minimum Gasteiger partial charge on any atom is -0.355 e. The van der Waals surface area contributed by atoms with Crippen molar-refractivity contribution in [3.63, 3.8) is 0 Å². The van der Waals surface area contributed by atoms with E-state index >= 15 is 0 Å². The Morgan fingerprint density at radius 1 is 1.37 bits per heavy atom. The highest BCUT2D eigenvalue weighted by Crippen LogP contribution is 2.22. The molecule has 1 aromatic rings. The molecule has 1 aromatic heterocycles. The lowest BCUT2D eigenvalue weighted by atomic mass is 10.2. The van der Waals surface area contributed by atoms with Crippen molar-refractivity contribution < 1.29 is 4.79 Å². The number of rotatable bonds is 6. The lowest BCUT2D eigenvalue weighted by Gasteiger charge is -2.20. The fraction of sp³-hybridized carbons (Fsp3) is 0.615. The highest BCUT2D eigenvalue weighted by molar-refractivity contribution is 6.30. The van der Waals surface area contributed by atoms with Crippen LogP contribution in [0.15, 0.2) is 0 Å². The second kappa shape index (κ2) is 7.28. The molecule has 1 heterocycles. The highest BCUT2D eigenvalue weighted by Gasteiger charge is 2.15. The molecule has 0 saturated heterocycles. The molecule has 0 fully saturated rings. The molecule has 0 bridgehead atoms. The van der Waals surface area contributed by atoms with Gasteiger partial charge in [-0.3, -0.25) is 4.79 Å². The molecule has 0 aliphatic rings. The van der Waals surface area contributed by atoms with Crippen molar-refractivity contribution >= 4 is 23.3 Å². The summed E-state index contributed by atoms with van der Waals surface area (Å²) in [4.78, 5) is 22.1. The number of nitrogens with one attached hydrogen (secondary N) is 1. The van der Waals surface area contributed by atoms with E-state index in [4.69, 9.17) is 11.6 Å². The first-order chi connectivity index (χ1) is 8.99. The third kappa shape index (κ3) is 4.35. The SMILES string of the molecule is CCCc1nc(Cl)c(C)c(N(C)CC(=O)NCC)n1. The van der Waals surface area contributed by atoms with Crippen LogP contribution in [0.1, 0.15) is 31.7 Å². The maximum atomic E-state index is 11.6. The van der Waals surface area contributed by atoms with E-state index in [0.29, 0.717) is 11.7 Å². The molecule has 106 valence electrons. The summed E-state index contributed by atoms with van der Waals surface area (Å²) in [6.07, 6.45) is 1.74. The van der Waals surface area contributed by atoms with Crippen LogP contribution in [0.2, 0.25) is 5.15 Å². The van der Waals surface area contributed by atoms with Gasteiger partial charge in [-0.1, -0.05) is 18.5 Å². The zero-order chi connectivity index (χ0) is 14.4. The van der Waals surface area contributed by atoms with E-state index in [1.165, 1.54) is 0 Å². The number of anilines is 1. The van der Waals surface area contributed by atoms with Crippen LogP contribution in [0.4, 0.5) is 5.82 Å². The molecule has 0 aliphatic carbocycles. The van der Waals surface area contributed by atoms with Gasteiger partial charge in [0.15, 0.2) is 0 Å². The Morgan fingerprint density at radius 2 is 2.05 bits per heavy atom. The van der Waals surface area contributed by atoms with Crippen LogP contribution in [0, 0.1) is 6.92 Å². The van der Waals surface area contributed by atoms with Crippen molar-refractivity contribution in [1.29, 1.82) is 0 Å². The molecule has 0 aliphatic heterocycles. The smallest absolute Gasteiger partial charge is 0.239 e. The molecule has 0 atom stereocenters.